The van der Waals surface area contributed by atoms with E-state index in [9.17, 15) is 0 Å². The first-order chi connectivity index (χ1) is 7.18. The van der Waals surface area contributed by atoms with Gasteiger partial charge in [0.15, 0.2) is 0 Å². The molecule has 84 valence electrons. The molecule has 0 aliphatic carbocycles. The van der Waals surface area contributed by atoms with Crippen LogP contribution in [0.4, 0.5) is 0 Å². The Morgan fingerprint density at radius 2 is 2.27 bits per heavy atom. The largest absolute Gasteiger partial charge is 0.309 e. The fourth-order valence-corrected chi connectivity index (χ4v) is 2.34. The molecule has 3 heteroatoms. The molecule has 1 fully saturated rings. The summed E-state index contributed by atoms with van der Waals surface area (Å²) in [5.74, 6) is 0.696. The van der Waals surface area contributed by atoms with Crippen LogP contribution in [0.25, 0.3) is 0 Å². The Labute approximate surface area is 91.7 Å². The van der Waals surface area contributed by atoms with Crippen molar-refractivity contribution in [3.8, 4) is 0 Å². The second kappa shape index (κ2) is 4.35. The average Bonchev–Trinajstić information content (AvgIpc) is 2.76. The Kier molecular flexibility index (Phi) is 3.10. The molecule has 1 aliphatic heterocycles. The molecule has 1 aromatic heterocycles. The molecule has 0 spiro atoms. The molecule has 0 aromatic carbocycles. The zero-order valence-corrected chi connectivity index (χ0v) is 9.93. The summed E-state index contributed by atoms with van der Waals surface area (Å²) in [5, 5.41) is 11.1. The molecule has 1 saturated heterocycles. The minimum Gasteiger partial charge on any atom is -0.309 e. The number of H-pyrrole nitrogens is 1. The van der Waals surface area contributed by atoms with Crippen molar-refractivity contribution in [2.45, 2.75) is 46.1 Å². The van der Waals surface area contributed by atoms with Gasteiger partial charge in [-0.2, -0.15) is 5.10 Å². The number of aryl methyl sites for hydroxylation is 1. The first kappa shape index (κ1) is 10.7. The zero-order valence-electron chi connectivity index (χ0n) is 9.93. The fourth-order valence-electron chi connectivity index (χ4n) is 2.34. The summed E-state index contributed by atoms with van der Waals surface area (Å²) < 4.78 is 0. The molecule has 1 aliphatic rings. The summed E-state index contributed by atoms with van der Waals surface area (Å²) in [6, 6.07) is 0.490. The molecule has 0 saturated carbocycles. The summed E-state index contributed by atoms with van der Waals surface area (Å²) in [5.41, 5.74) is 3.94. The number of hydrogen-bond donors (Lipinski definition) is 2. The molecule has 2 N–H and O–H groups in total. The lowest BCUT2D eigenvalue weighted by molar-refractivity contribution is 0.596. The number of rotatable bonds is 3. The summed E-state index contributed by atoms with van der Waals surface area (Å²) in [6.07, 6.45) is 3.64. The second-order valence-electron chi connectivity index (χ2n) is 4.96. The van der Waals surface area contributed by atoms with Crippen LogP contribution in [0.1, 0.15) is 49.7 Å². The topological polar surface area (TPSA) is 40.7 Å². The standard InChI is InChI=1S/C12H21N3/c1-8(2)7-10-9(3)14-15-12(10)11-5-4-6-13-11/h8,11,13H,4-7H2,1-3H3,(H,14,15). The number of hydrogen-bond acceptors (Lipinski definition) is 2. The molecule has 0 bridgehead atoms. The van der Waals surface area contributed by atoms with Gasteiger partial charge in [0.2, 0.25) is 0 Å². The SMILES string of the molecule is Cc1[nH]nc(C2CCCN2)c1CC(C)C. The van der Waals surface area contributed by atoms with Crippen molar-refractivity contribution in [1.29, 1.82) is 0 Å². The maximum atomic E-state index is 4.46. The zero-order chi connectivity index (χ0) is 10.8. The Hall–Kier alpha value is -0.830. The van der Waals surface area contributed by atoms with Gasteiger partial charge in [-0.25, -0.2) is 0 Å². The van der Waals surface area contributed by atoms with Gasteiger partial charge in [-0.05, 0) is 44.2 Å². The first-order valence-electron chi connectivity index (χ1n) is 5.95. The van der Waals surface area contributed by atoms with Gasteiger partial charge >= 0.3 is 0 Å². The molecule has 1 atom stereocenters. The maximum absolute atomic E-state index is 4.46. The van der Waals surface area contributed by atoms with Crippen molar-refractivity contribution in [3.05, 3.63) is 17.0 Å². The third-order valence-corrected chi connectivity index (χ3v) is 3.11. The van der Waals surface area contributed by atoms with E-state index in [1.54, 1.807) is 0 Å². The van der Waals surface area contributed by atoms with Crippen molar-refractivity contribution < 1.29 is 0 Å². The van der Waals surface area contributed by atoms with Gasteiger partial charge in [0.1, 0.15) is 0 Å². The van der Waals surface area contributed by atoms with Crippen LogP contribution in [0, 0.1) is 12.8 Å². The normalized spacial score (nSPS) is 21.5. The predicted octanol–water partition coefficient (Wildman–Crippen LogP) is 2.34. The van der Waals surface area contributed by atoms with Crippen LogP contribution in [-0.4, -0.2) is 16.7 Å². The van der Waals surface area contributed by atoms with E-state index in [1.807, 2.05) is 0 Å². The Bertz CT molecular complexity index is 322. The van der Waals surface area contributed by atoms with E-state index in [4.69, 9.17) is 0 Å². The van der Waals surface area contributed by atoms with Crippen molar-refractivity contribution in [2.75, 3.05) is 6.54 Å². The van der Waals surface area contributed by atoms with Crippen molar-refractivity contribution in [1.82, 2.24) is 15.5 Å². The second-order valence-corrected chi connectivity index (χ2v) is 4.96. The van der Waals surface area contributed by atoms with E-state index in [0.717, 1.165) is 13.0 Å². The molecule has 1 aromatic rings. The molecule has 15 heavy (non-hydrogen) atoms. The lowest BCUT2D eigenvalue weighted by Crippen LogP contribution is -2.15. The minimum absolute atomic E-state index is 0.490. The fraction of sp³-hybridized carbons (Fsp3) is 0.750. The van der Waals surface area contributed by atoms with E-state index in [0.29, 0.717) is 12.0 Å². The highest BCUT2D eigenvalue weighted by molar-refractivity contribution is 5.28. The van der Waals surface area contributed by atoms with Gasteiger partial charge in [0, 0.05) is 5.69 Å². The van der Waals surface area contributed by atoms with Crippen LogP contribution in [-0.2, 0) is 6.42 Å². The summed E-state index contributed by atoms with van der Waals surface area (Å²) in [6.45, 7) is 7.79. The molecule has 1 unspecified atom stereocenters. The summed E-state index contributed by atoms with van der Waals surface area (Å²) in [4.78, 5) is 0. The van der Waals surface area contributed by atoms with Crippen LogP contribution in [0.3, 0.4) is 0 Å². The van der Waals surface area contributed by atoms with E-state index in [1.165, 1.54) is 29.8 Å². The molecule has 0 amide bonds. The predicted molar refractivity (Wildman–Crippen MR) is 61.8 cm³/mol. The highest BCUT2D eigenvalue weighted by Gasteiger charge is 2.23. The molecule has 2 rings (SSSR count). The third kappa shape index (κ3) is 2.23. The Morgan fingerprint density at radius 1 is 1.47 bits per heavy atom. The van der Waals surface area contributed by atoms with E-state index >= 15 is 0 Å². The third-order valence-electron chi connectivity index (χ3n) is 3.11. The molecule has 0 radical (unpaired) electrons. The molecule has 3 nitrogen and oxygen atoms in total. The first-order valence-corrected chi connectivity index (χ1v) is 5.95. The van der Waals surface area contributed by atoms with Crippen LogP contribution in [0.2, 0.25) is 0 Å². The van der Waals surface area contributed by atoms with Crippen LogP contribution < -0.4 is 5.32 Å². The summed E-state index contributed by atoms with van der Waals surface area (Å²) in [7, 11) is 0. The molecular weight excluding hydrogens is 186 g/mol. The van der Waals surface area contributed by atoms with E-state index in [2.05, 4.69) is 36.3 Å². The van der Waals surface area contributed by atoms with Crippen LogP contribution in [0.15, 0.2) is 0 Å². The van der Waals surface area contributed by atoms with Gasteiger partial charge < -0.3 is 5.32 Å². The quantitative estimate of drug-likeness (QED) is 0.798. The Balaban J connectivity index is 2.22. The van der Waals surface area contributed by atoms with Crippen molar-refractivity contribution in [3.63, 3.8) is 0 Å². The Morgan fingerprint density at radius 3 is 2.87 bits per heavy atom. The molecular formula is C12H21N3. The van der Waals surface area contributed by atoms with Gasteiger partial charge in [0.05, 0.1) is 11.7 Å². The molecule has 2 heterocycles. The summed E-state index contributed by atoms with van der Waals surface area (Å²) >= 11 is 0. The van der Waals surface area contributed by atoms with Gasteiger partial charge in [-0.15, -0.1) is 0 Å². The maximum Gasteiger partial charge on any atom is 0.0826 e. The lowest BCUT2D eigenvalue weighted by atomic mass is 9.97. The number of aromatic amines is 1. The van der Waals surface area contributed by atoms with Gasteiger partial charge in [-0.3, -0.25) is 5.10 Å². The van der Waals surface area contributed by atoms with Crippen molar-refractivity contribution >= 4 is 0 Å². The number of aromatic nitrogens is 2. The van der Waals surface area contributed by atoms with Crippen LogP contribution in [0.5, 0.6) is 0 Å². The highest BCUT2D eigenvalue weighted by atomic mass is 15.1. The highest BCUT2D eigenvalue weighted by Crippen LogP contribution is 2.27. The smallest absolute Gasteiger partial charge is 0.0826 e. The average molecular weight is 207 g/mol. The van der Waals surface area contributed by atoms with Crippen LogP contribution >= 0.6 is 0 Å². The van der Waals surface area contributed by atoms with E-state index < -0.39 is 0 Å². The van der Waals surface area contributed by atoms with Gasteiger partial charge in [0.25, 0.3) is 0 Å². The van der Waals surface area contributed by atoms with E-state index in [-0.39, 0.29) is 0 Å². The number of nitrogens with one attached hydrogen (secondary N) is 2. The van der Waals surface area contributed by atoms with Gasteiger partial charge in [-0.1, -0.05) is 13.8 Å². The van der Waals surface area contributed by atoms with Crippen molar-refractivity contribution in [2.24, 2.45) is 5.92 Å². The lowest BCUT2D eigenvalue weighted by Gasteiger charge is -2.11. The monoisotopic (exact) mass is 207 g/mol. The minimum atomic E-state index is 0.490. The number of nitrogens with zero attached hydrogens (tertiary/aromatic N) is 1.